The Bertz CT molecular complexity index is 458. The molecule has 5 nitrogen and oxygen atoms in total. The maximum Gasteiger partial charge on any atom is 0.242 e. The first-order valence-electron chi connectivity index (χ1n) is 5.76. The quantitative estimate of drug-likeness (QED) is 0.872. The maximum atomic E-state index is 12.0. The van der Waals surface area contributed by atoms with Crippen molar-refractivity contribution in [3.63, 3.8) is 0 Å². The molecule has 0 amide bonds. The average Bonchev–Trinajstić information content (AvgIpc) is 2.33. The minimum Gasteiger partial charge on any atom is -0.328 e. The highest BCUT2D eigenvalue weighted by atomic mass is 35.5. The van der Waals surface area contributed by atoms with Crippen LogP contribution in [0, 0.1) is 0 Å². The van der Waals surface area contributed by atoms with E-state index in [0.29, 0.717) is 0 Å². The molecule has 1 fully saturated rings. The molecule has 0 spiro atoms. The van der Waals surface area contributed by atoms with Crippen LogP contribution in [0.25, 0.3) is 0 Å². The van der Waals surface area contributed by atoms with E-state index < -0.39 is 10.0 Å². The van der Waals surface area contributed by atoms with Crippen LogP contribution >= 0.6 is 12.4 Å². The minimum absolute atomic E-state index is 0. The highest BCUT2D eigenvalue weighted by Crippen LogP contribution is 2.19. The van der Waals surface area contributed by atoms with E-state index in [-0.39, 0.29) is 29.4 Å². The van der Waals surface area contributed by atoms with Crippen molar-refractivity contribution in [1.29, 1.82) is 0 Å². The fraction of sp³-hybridized carbons (Fsp3) is 0.545. The van der Waals surface area contributed by atoms with E-state index in [9.17, 15) is 8.42 Å². The van der Waals surface area contributed by atoms with E-state index in [2.05, 4.69) is 9.71 Å². The van der Waals surface area contributed by atoms with Crippen LogP contribution < -0.4 is 10.5 Å². The fourth-order valence-electron chi connectivity index (χ4n) is 2.03. The van der Waals surface area contributed by atoms with Crippen LogP contribution in [0.3, 0.4) is 0 Å². The molecule has 1 saturated carbocycles. The van der Waals surface area contributed by atoms with Gasteiger partial charge < -0.3 is 5.73 Å². The molecule has 1 aromatic heterocycles. The van der Waals surface area contributed by atoms with E-state index in [1.165, 1.54) is 6.20 Å². The Morgan fingerprint density at radius 1 is 1.28 bits per heavy atom. The molecular weight excluding hydrogens is 274 g/mol. The standard InChI is InChI=1S/C11H17N3O2S.ClH/c12-9-3-5-10(6-4-9)14-17(15,16)11-2-1-7-13-8-11;/h1-2,7-10,14H,3-6,12H2;1H. The molecule has 18 heavy (non-hydrogen) atoms. The van der Waals surface area contributed by atoms with Gasteiger partial charge in [0.25, 0.3) is 0 Å². The summed E-state index contributed by atoms with van der Waals surface area (Å²) in [5.41, 5.74) is 5.78. The van der Waals surface area contributed by atoms with E-state index >= 15 is 0 Å². The molecule has 0 radical (unpaired) electrons. The van der Waals surface area contributed by atoms with Gasteiger partial charge in [-0.15, -0.1) is 12.4 Å². The third-order valence-corrected chi connectivity index (χ3v) is 4.54. The van der Waals surface area contributed by atoms with Gasteiger partial charge >= 0.3 is 0 Å². The van der Waals surface area contributed by atoms with E-state index in [1.807, 2.05) is 0 Å². The van der Waals surface area contributed by atoms with E-state index in [4.69, 9.17) is 5.73 Å². The van der Waals surface area contributed by atoms with Gasteiger partial charge in [0.2, 0.25) is 10.0 Å². The molecular formula is C11H18ClN3O2S. The lowest BCUT2D eigenvalue weighted by molar-refractivity contribution is 0.373. The number of sulfonamides is 1. The molecule has 0 atom stereocenters. The van der Waals surface area contributed by atoms with Crippen LogP contribution in [-0.2, 0) is 10.0 Å². The third kappa shape index (κ3) is 3.91. The predicted octanol–water partition coefficient (Wildman–Crippen LogP) is 1.05. The van der Waals surface area contributed by atoms with Gasteiger partial charge in [0.15, 0.2) is 0 Å². The lowest BCUT2D eigenvalue weighted by Crippen LogP contribution is -2.40. The number of halogens is 1. The van der Waals surface area contributed by atoms with Crippen LogP contribution in [0.2, 0.25) is 0 Å². The molecule has 3 N–H and O–H groups in total. The Labute approximate surface area is 114 Å². The first kappa shape index (κ1) is 15.4. The largest absolute Gasteiger partial charge is 0.328 e. The number of nitrogens with two attached hydrogens (primary N) is 1. The van der Waals surface area contributed by atoms with Gasteiger partial charge in [-0.3, -0.25) is 4.98 Å². The summed E-state index contributed by atoms with van der Waals surface area (Å²) < 4.78 is 26.7. The molecule has 0 saturated heterocycles. The van der Waals surface area contributed by atoms with Crippen molar-refractivity contribution >= 4 is 22.4 Å². The number of nitrogens with zero attached hydrogens (tertiary/aromatic N) is 1. The SMILES string of the molecule is Cl.NC1CCC(NS(=O)(=O)c2cccnc2)CC1. The van der Waals surface area contributed by atoms with Crippen molar-refractivity contribution in [2.24, 2.45) is 5.73 Å². The van der Waals surface area contributed by atoms with Gasteiger partial charge in [-0.2, -0.15) is 0 Å². The number of nitrogens with one attached hydrogen (secondary N) is 1. The van der Waals surface area contributed by atoms with Gasteiger partial charge in [-0.1, -0.05) is 0 Å². The van der Waals surface area contributed by atoms with Crippen molar-refractivity contribution in [1.82, 2.24) is 9.71 Å². The molecule has 2 rings (SSSR count). The number of aromatic nitrogens is 1. The Hall–Kier alpha value is -0.690. The summed E-state index contributed by atoms with van der Waals surface area (Å²) in [5.74, 6) is 0. The first-order chi connectivity index (χ1) is 8.08. The number of hydrogen-bond donors (Lipinski definition) is 2. The number of rotatable bonds is 3. The zero-order chi connectivity index (χ0) is 12.3. The Balaban J connectivity index is 0.00000162. The topological polar surface area (TPSA) is 85.1 Å². The van der Waals surface area contributed by atoms with Crippen LogP contribution in [-0.4, -0.2) is 25.5 Å². The summed E-state index contributed by atoms with van der Waals surface area (Å²) >= 11 is 0. The fourth-order valence-corrected chi connectivity index (χ4v) is 3.30. The predicted molar refractivity (Wildman–Crippen MR) is 72.0 cm³/mol. The Morgan fingerprint density at radius 3 is 2.50 bits per heavy atom. The van der Waals surface area contributed by atoms with Gasteiger partial charge in [0.1, 0.15) is 4.90 Å². The number of hydrogen-bond acceptors (Lipinski definition) is 4. The van der Waals surface area contributed by atoms with Gasteiger partial charge in [0, 0.05) is 24.5 Å². The lowest BCUT2D eigenvalue weighted by Gasteiger charge is -2.26. The molecule has 0 bridgehead atoms. The summed E-state index contributed by atoms with van der Waals surface area (Å²) in [4.78, 5) is 4.03. The summed E-state index contributed by atoms with van der Waals surface area (Å²) in [5, 5.41) is 0. The van der Waals surface area contributed by atoms with Crippen molar-refractivity contribution in [3.05, 3.63) is 24.5 Å². The van der Waals surface area contributed by atoms with Crippen molar-refractivity contribution in [2.75, 3.05) is 0 Å². The molecule has 1 aromatic rings. The van der Waals surface area contributed by atoms with Crippen molar-refractivity contribution < 1.29 is 8.42 Å². The summed E-state index contributed by atoms with van der Waals surface area (Å²) in [6.45, 7) is 0. The van der Waals surface area contributed by atoms with Crippen molar-refractivity contribution in [2.45, 2.75) is 42.7 Å². The second-order valence-corrected chi connectivity index (χ2v) is 6.14. The number of pyridine rings is 1. The maximum absolute atomic E-state index is 12.0. The van der Waals surface area contributed by atoms with Crippen LogP contribution in [0.15, 0.2) is 29.4 Å². The second-order valence-electron chi connectivity index (χ2n) is 4.42. The third-order valence-electron chi connectivity index (χ3n) is 3.04. The Morgan fingerprint density at radius 2 is 1.94 bits per heavy atom. The van der Waals surface area contributed by atoms with E-state index in [1.54, 1.807) is 18.3 Å². The lowest BCUT2D eigenvalue weighted by atomic mass is 9.93. The molecule has 0 aliphatic heterocycles. The second kappa shape index (κ2) is 6.47. The normalized spacial score (nSPS) is 24.3. The zero-order valence-corrected chi connectivity index (χ0v) is 11.6. The average molecular weight is 292 g/mol. The van der Waals surface area contributed by atoms with E-state index in [0.717, 1.165) is 25.7 Å². The summed E-state index contributed by atoms with van der Waals surface area (Å²) in [6, 6.07) is 3.38. The zero-order valence-electron chi connectivity index (χ0n) is 9.95. The molecule has 1 aliphatic rings. The molecule has 7 heteroatoms. The highest BCUT2D eigenvalue weighted by molar-refractivity contribution is 7.89. The molecule has 0 unspecified atom stereocenters. The van der Waals surface area contributed by atoms with Crippen LogP contribution in [0.5, 0.6) is 0 Å². The van der Waals surface area contributed by atoms with Gasteiger partial charge in [-0.25, -0.2) is 13.1 Å². The summed E-state index contributed by atoms with van der Waals surface area (Å²) in [7, 11) is -3.43. The first-order valence-corrected chi connectivity index (χ1v) is 7.24. The molecule has 102 valence electrons. The smallest absolute Gasteiger partial charge is 0.242 e. The van der Waals surface area contributed by atoms with Gasteiger partial charge in [-0.05, 0) is 37.8 Å². The molecule has 0 aromatic carbocycles. The van der Waals surface area contributed by atoms with Crippen LogP contribution in [0.4, 0.5) is 0 Å². The van der Waals surface area contributed by atoms with Crippen LogP contribution in [0.1, 0.15) is 25.7 Å². The highest BCUT2D eigenvalue weighted by Gasteiger charge is 2.24. The Kier molecular flexibility index (Phi) is 5.52. The molecule has 1 heterocycles. The van der Waals surface area contributed by atoms with Gasteiger partial charge in [0.05, 0.1) is 0 Å². The van der Waals surface area contributed by atoms with Crippen molar-refractivity contribution in [3.8, 4) is 0 Å². The monoisotopic (exact) mass is 291 g/mol. The summed E-state index contributed by atoms with van der Waals surface area (Å²) in [6.07, 6.45) is 6.28. The minimum atomic E-state index is -3.43. The molecule has 1 aliphatic carbocycles.